The van der Waals surface area contributed by atoms with Crippen LogP contribution in [0.1, 0.15) is 27.0 Å². The molecular formula is C17H17FO2. The van der Waals surface area contributed by atoms with Gasteiger partial charge in [-0.05, 0) is 37.6 Å². The van der Waals surface area contributed by atoms with E-state index in [1.54, 1.807) is 6.07 Å². The zero-order valence-electron chi connectivity index (χ0n) is 11.9. The van der Waals surface area contributed by atoms with Crippen molar-refractivity contribution in [2.75, 3.05) is 7.11 Å². The van der Waals surface area contributed by atoms with Crippen LogP contribution in [-0.2, 0) is 6.42 Å². The Morgan fingerprint density at radius 3 is 2.30 bits per heavy atom. The van der Waals surface area contributed by atoms with Crippen molar-refractivity contribution in [3.05, 3.63) is 64.5 Å². The number of Topliss-reactive ketones (excluding diaryl/α,β-unsaturated/α-hetero) is 1. The Hall–Kier alpha value is -2.16. The van der Waals surface area contributed by atoms with Crippen LogP contribution in [0.25, 0.3) is 0 Å². The van der Waals surface area contributed by atoms with Crippen LogP contribution in [0.4, 0.5) is 4.39 Å². The fourth-order valence-corrected chi connectivity index (χ4v) is 2.30. The summed E-state index contributed by atoms with van der Waals surface area (Å²) in [4.78, 5) is 12.2. The molecule has 2 aromatic carbocycles. The molecule has 2 rings (SSSR count). The summed E-state index contributed by atoms with van der Waals surface area (Å²) in [5.41, 5.74) is 3.55. The number of halogens is 1. The van der Waals surface area contributed by atoms with E-state index in [4.69, 9.17) is 4.74 Å². The molecule has 0 aromatic heterocycles. The van der Waals surface area contributed by atoms with Crippen molar-refractivity contribution in [3.8, 4) is 5.75 Å². The lowest BCUT2D eigenvalue weighted by Gasteiger charge is -2.06. The highest BCUT2D eigenvalue weighted by Gasteiger charge is 2.11. The highest BCUT2D eigenvalue weighted by molar-refractivity contribution is 5.97. The van der Waals surface area contributed by atoms with Crippen LogP contribution in [0.15, 0.2) is 36.4 Å². The minimum absolute atomic E-state index is 0.100. The maximum absolute atomic E-state index is 13.6. The average molecular weight is 272 g/mol. The summed E-state index contributed by atoms with van der Waals surface area (Å²) in [5, 5.41) is 0. The van der Waals surface area contributed by atoms with Gasteiger partial charge in [-0.1, -0.05) is 29.3 Å². The van der Waals surface area contributed by atoms with E-state index in [1.807, 2.05) is 26.0 Å². The monoisotopic (exact) mass is 272 g/mol. The smallest absolute Gasteiger partial charge is 0.167 e. The Balaban J connectivity index is 2.21. The summed E-state index contributed by atoms with van der Waals surface area (Å²) in [6.45, 7) is 3.99. The molecule has 2 aromatic rings. The molecule has 2 nitrogen and oxygen atoms in total. The van der Waals surface area contributed by atoms with Crippen molar-refractivity contribution in [2.24, 2.45) is 0 Å². The first-order chi connectivity index (χ1) is 9.49. The summed E-state index contributed by atoms with van der Waals surface area (Å²) in [5.74, 6) is -0.469. The maximum Gasteiger partial charge on any atom is 0.167 e. The number of ether oxygens (including phenoxy) is 1. The van der Waals surface area contributed by atoms with Crippen LogP contribution in [0.2, 0.25) is 0 Å². The number of rotatable bonds is 4. The lowest BCUT2D eigenvalue weighted by molar-refractivity contribution is 0.0992. The number of hydrogen-bond acceptors (Lipinski definition) is 2. The summed E-state index contributed by atoms with van der Waals surface area (Å²) in [7, 11) is 1.40. The minimum atomic E-state index is -0.515. The van der Waals surface area contributed by atoms with E-state index < -0.39 is 5.82 Å². The van der Waals surface area contributed by atoms with E-state index in [-0.39, 0.29) is 18.0 Å². The Morgan fingerprint density at radius 1 is 1.10 bits per heavy atom. The molecule has 0 saturated heterocycles. The molecule has 0 unspecified atom stereocenters. The quantitative estimate of drug-likeness (QED) is 0.790. The number of carbonyl (C=O) groups is 1. The third kappa shape index (κ3) is 3.23. The fourth-order valence-electron chi connectivity index (χ4n) is 2.30. The van der Waals surface area contributed by atoms with Gasteiger partial charge in [-0.2, -0.15) is 0 Å². The van der Waals surface area contributed by atoms with Gasteiger partial charge >= 0.3 is 0 Å². The van der Waals surface area contributed by atoms with Crippen LogP contribution in [0, 0.1) is 19.7 Å². The van der Waals surface area contributed by atoms with Crippen molar-refractivity contribution in [1.29, 1.82) is 0 Å². The normalized spacial score (nSPS) is 10.4. The molecule has 0 heterocycles. The molecule has 0 bridgehead atoms. The molecule has 0 N–H and O–H groups in total. The lowest BCUT2D eigenvalue weighted by Crippen LogP contribution is -2.05. The Morgan fingerprint density at radius 2 is 1.75 bits per heavy atom. The van der Waals surface area contributed by atoms with Crippen molar-refractivity contribution >= 4 is 5.78 Å². The molecule has 0 aliphatic heterocycles. The molecule has 20 heavy (non-hydrogen) atoms. The Kier molecular flexibility index (Phi) is 4.18. The number of methoxy groups -OCH3 is 1. The van der Waals surface area contributed by atoms with Gasteiger partial charge in [0.2, 0.25) is 0 Å². The van der Waals surface area contributed by atoms with E-state index >= 15 is 0 Å². The largest absolute Gasteiger partial charge is 0.494 e. The zero-order valence-corrected chi connectivity index (χ0v) is 11.9. The number of benzene rings is 2. The highest BCUT2D eigenvalue weighted by Crippen LogP contribution is 2.19. The van der Waals surface area contributed by atoms with Crippen molar-refractivity contribution in [1.82, 2.24) is 0 Å². The molecule has 104 valence electrons. The standard InChI is InChI=1S/C17H17FO2/c1-11-6-12(2)8-13(7-11)9-16(19)14-4-5-17(20-3)15(18)10-14/h4-8,10H,9H2,1-3H3. The average Bonchev–Trinajstić information content (AvgIpc) is 2.37. The molecule has 0 fully saturated rings. The zero-order chi connectivity index (χ0) is 14.7. The third-order valence-corrected chi connectivity index (χ3v) is 3.12. The van der Waals surface area contributed by atoms with Gasteiger partial charge in [-0.15, -0.1) is 0 Å². The van der Waals surface area contributed by atoms with E-state index in [0.29, 0.717) is 5.56 Å². The SMILES string of the molecule is COc1ccc(C(=O)Cc2cc(C)cc(C)c2)cc1F. The first kappa shape index (κ1) is 14.3. The van der Waals surface area contributed by atoms with Gasteiger partial charge in [-0.3, -0.25) is 4.79 Å². The second kappa shape index (κ2) is 5.87. The number of aryl methyl sites for hydroxylation is 2. The molecule has 0 amide bonds. The molecule has 0 spiro atoms. The first-order valence-corrected chi connectivity index (χ1v) is 6.43. The number of ketones is 1. The minimum Gasteiger partial charge on any atom is -0.494 e. The molecule has 0 radical (unpaired) electrons. The molecule has 0 aliphatic carbocycles. The van der Waals surface area contributed by atoms with Gasteiger partial charge in [0, 0.05) is 12.0 Å². The molecule has 0 atom stereocenters. The first-order valence-electron chi connectivity index (χ1n) is 6.43. The van der Waals surface area contributed by atoms with Gasteiger partial charge in [0.1, 0.15) is 0 Å². The lowest BCUT2D eigenvalue weighted by atomic mass is 9.99. The van der Waals surface area contributed by atoms with E-state index in [9.17, 15) is 9.18 Å². The molecule has 0 saturated carbocycles. The fraction of sp³-hybridized carbons (Fsp3) is 0.235. The van der Waals surface area contributed by atoms with E-state index in [1.165, 1.54) is 19.2 Å². The van der Waals surface area contributed by atoms with Crippen molar-refractivity contribution in [3.63, 3.8) is 0 Å². The van der Waals surface area contributed by atoms with Crippen LogP contribution in [0.3, 0.4) is 0 Å². The van der Waals surface area contributed by atoms with Gasteiger partial charge in [0.25, 0.3) is 0 Å². The third-order valence-electron chi connectivity index (χ3n) is 3.12. The highest BCUT2D eigenvalue weighted by atomic mass is 19.1. The van der Waals surface area contributed by atoms with Crippen LogP contribution >= 0.6 is 0 Å². The molecular weight excluding hydrogens is 255 g/mol. The van der Waals surface area contributed by atoms with Crippen LogP contribution in [-0.4, -0.2) is 12.9 Å². The Labute approximate surface area is 118 Å². The summed E-state index contributed by atoms with van der Waals surface area (Å²) >= 11 is 0. The van der Waals surface area contributed by atoms with Gasteiger partial charge in [-0.25, -0.2) is 4.39 Å². The van der Waals surface area contributed by atoms with Crippen LogP contribution < -0.4 is 4.74 Å². The van der Waals surface area contributed by atoms with Gasteiger partial charge in [0.05, 0.1) is 7.11 Å². The van der Waals surface area contributed by atoms with Gasteiger partial charge in [0.15, 0.2) is 17.3 Å². The molecule has 3 heteroatoms. The Bertz CT molecular complexity index is 627. The predicted octanol–water partition coefficient (Wildman–Crippen LogP) is 3.88. The topological polar surface area (TPSA) is 26.3 Å². The van der Waals surface area contributed by atoms with E-state index in [0.717, 1.165) is 16.7 Å². The summed E-state index contributed by atoms with van der Waals surface area (Å²) < 4.78 is 18.4. The molecule has 0 aliphatic rings. The number of carbonyl (C=O) groups excluding carboxylic acids is 1. The van der Waals surface area contributed by atoms with Gasteiger partial charge < -0.3 is 4.74 Å². The predicted molar refractivity (Wildman–Crippen MR) is 76.9 cm³/mol. The summed E-state index contributed by atoms with van der Waals surface area (Å²) in [6.07, 6.45) is 0.272. The number of hydrogen-bond donors (Lipinski definition) is 0. The summed E-state index contributed by atoms with van der Waals surface area (Å²) in [6, 6.07) is 10.3. The second-order valence-electron chi connectivity index (χ2n) is 4.95. The van der Waals surface area contributed by atoms with Crippen molar-refractivity contribution < 1.29 is 13.9 Å². The maximum atomic E-state index is 13.6. The van der Waals surface area contributed by atoms with Crippen LogP contribution in [0.5, 0.6) is 5.75 Å². The van der Waals surface area contributed by atoms with E-state index in [2.05, 4.69) is 6.07 Å². The van der Waals surface area contributed by atoms with Crippen molar-refractivity contribution in [2.45, 2.75) is 20.3 Å². The second-order valence-corrected chi connectivity index (χ2v) is 4.95.